The average Bonchev–Trinajstić information content (AvgIpc) is 3.26. The normalized spacial score (nSPS) is 14.9. The molecule has 0 saturated carbocycles. The molecule has 0 fully saturated rings. The smallest absolute Gasteiger partial charge is 0.306 e. The molecule has 2 radical (unpaired) electrons. The fourth-order valence-corrected chi connectivity index (χ4v) is 8.31. The molecule has 6 atom stereocenters. The van der Waals surface area contributed by atoms with Gasteiger partial charge in [0.2, 0.25) is 0 Å². The molecule has 6 unspecified atom stereocenters. The summed E-state index contributed by atoms with van der Waals surface area (Å²) < 4.78 is 19.9. The second kappa shape index (κ2) is 49.0. The first-order valence-corrected chi connectivity index (χ1v) is 27.9. The van der Waals surface area contributed by atoms with Crippen molar-refractivity contribution >= 4 is 23.1 Å². The van der Waals surface area contributed by atoms with Gasteiger partial charge in [0.25, 0.3) is 0 Å². The maximum atomic E-state index is 14.6. The Labute approximate surface area is 400 Å². The number of carbonyl (C=O) groups excluding carboxylic acids is 1. The zero-order valence-electron chi connectivity index (χ0n) is 44.3. The van der Waals surface area contributed by atoms with Crippen LogP contribution in [-0.2, 0) is 9.53 Å². The fraction of sp³-hybridized carbons (Fsp3) is 0.877. The lowest BCUT2D eigenvalue weighted by Crippen LogP contribution is -2.21. The van der Waals surface area contributed by atoms with Gasteiger partial charge in [0.05, 0.1) is 7.85 Å². The summed E-state index contributed by atoms with van der Waals surface area (Å²) >= 11 is 0. The standard InChI is InChI=1S/C47H87BFO2P.C8H19N.C2H6/c1-6-8-10-12-14-22-29-38-46(5,48)39-31-28-36-44(4)35-25-19-16-18-24-33-43(3)34-26-20-17-21-27-37-45(50)51-42-32-41-47(49,52)40-30-23-15-13-11-9-7-2;1-5-7(2)8(3)6-9-4;1-2/h31-32,39,41,43H,4,6-30,33-38,40,42,52H2,1-3,5H3;7-9H,5-6H2,1-4H3;1-2H3/b39-31-,41-32-;;. The van der Waals surface area contributed by atoms with Crippen molar-refractivity contribution < 1.29 is 13.9 Å². The highest BCUT2D eigenvalue weighted by molar-refractivity contribution is 7.18. The Morgan fingerprint density at radius 3 is 1.63 bits per heavy atom. The van der Waals surface area contributed by atoms with Crippen molar-refractivity contribution in [2.75, 3.05) is 20.2 Å². The van der Waals surface area contributed by atoms with Gasteiger partial charge in [-0.1, -0.05) is 262 Å². The van der Waals surface area contributed by atoms with Gasteiger partial charge in [0.1, 0.15) is 12.0 Å². The van der Waals surface area contributed by atoms with Gasteiger partial charge in [-0.25, -0.2) is 4.39 Å². The molecule has 0 aromatic rings. The van der Waals surface area contributed by atoms with Gasteiger partial charge in [-0.15, -0.1) is 0 Å². The zero-order valence-corrected chi connectivity index (χ0v) is 45.5. The lowest BCUT2D eigenvalue weighted by molar-refractivity contribution is -0.142. The number of ether oxygens (including phenoxy) is 1. The van der Waals surface area contributed by atoms with E-state index in [2.05, 4.69) is 81.8 Å². The van der Waals surface area contributed by atoms with Crippen LogP contribution in [0.25, 0.3) is 0 Å². The Morgan fingerprint density at radius 1 is 0.667 bits per heavy atom. The highest BCUT2D eigenvalue weighted by atomic mass is 31.0. The summed E-state index contributed by atoms with van der Waals surface area (Å²) in [5.74, 6) is 2.32. The van der Waals surface area contributed by atoms with Gasteiger partial charge < -0.3 is 10.1 Å². The van der Waals surface area contributed by atoms with E-state index in [1.54, 1.807) is 12.2 Å². The molecule has 1 N–H and O–H groups in total. The molecule has 0 spiro atoms. The highest BCUT2D eigenvalue weighted by Gasteiger charge is 2.18. The molecule has 372 valence electrons. The molecule has 0 aromatic carbocycles. The van der Waals surface area contributed by atoms with Gasteiger partial charge in [-0.3, -0.25) is 4.79 Å². The Bertz CT molecular complexity index is 960. The first-order chi connectivity index (χ1) is 30.2. The number of unbranched alkanes of at least 4 members (excludes halogenated alkanes) is 20. The van der Waals surface area contributed by atoms with Crippen LogP contribution < -0.4 is 5.32 Å². The van der Waals surface area contributed by atoms with E-state index >= 15 is 0 Å². The molecule has 0 aromatic heterocycles. The molecule has 0 rings (SSSR count). The van der Waals surface area contributed by atoms with E-state index in [0.717, 1.165) is 69.2 Å². The highest BCUT2D eigenvalue weighted by Crippen LogP contribution is 2.31. The number of hydrogen-bond acceptors (Lipinski definition) is 3. The number of carbonyl (C=O) groups is 1. The minimum absolute atomic E-state index is 0.163. The Balaban J connectivity index is -0.00000288. The van der Waals surface area contributed by atoms with E-state index < -0.39 is 5.41 Å². The van der Waals surface area contributed by atoms with Crippen LogP contribution >= 0.6 is 9.24 Å². The molecule has 0 bridgehead atoms. The monoisotopic (exact) mass is 904 g/mol. The summed E-state index contributed by atoms with van der Waals surface area (Å²) in [5.41, 5.74) is 1.39. The Kier molecular flexibility index (Phi) is 51.6. The summed E-state index contributed by atoms with van der Waals surface area (Å²) in [6.07, 6.45) is 47.0. The van der Waals surface area contributed by atoms with Gasteiger partial charge >= 0.3 is 5.97 Å². The predicted octanol–water partition coefficient (Wildman–Crippen LogP) is 19.2. The quantitative estimate of drug-likeness (QED) is 0.0218. The minimum Gasteiger partial charge on any atom is -0.461 e. The first-order valence-electron chi connectivity index (χ1n) is 27.3. The third kappa shape index (κ3) is 51.9. The molecule has 0 amide bonds. The number of hydrogen-bond donors (Lipinski definition) is 1. The van der Waals surface area contributed by atoms with Crippen molar-refractivity contribution in [1.29, 1.82) is 0 Å². The largest absolute Gasteiger partial charge is 0.461 e. The van der Waals surface area contributed by atoms with E-state index in [4.69, 9.17) is 12.6 Å². The predicted molar refractivity (Wildman–Crippen MR) is 288 cm³/mol. The van der Waals surface area contributed by atoms with E-state index in [1.807, 2.05) is 20.9 Å². The summed E-state index contributed by atoms with van der Waals surface area (Å²) in [4.78, 5) is 12.0. The van der Waals surface area contributed by atoms with Crippen molar-refractivity contribution in [3.05, 3.63) is 36.5 Å². The van der Waals surface area contributed by atoms with Crippen LogP contribution in [0.3, 0.4) is 0 Å². The number of allylic oxidation sites excluding steroid dienone is 4. The van der Waals surface area contributed by atoms with Crippen molar-refractivity contribution in [1.82, 2.24) is 5.32 Å². The lowest BCUT2D eigenvalue weighted by Gasteiger charge is -2.20. The molecule has 3 nitrogen and oxygen atoms in total. The van der Waals surface area contributed by atoms with Crippen molar-refractivity contribution in [2.45, 2.75) is 285 Å². The molecule has 0 aliphatic heterocycles. The van der Waals surface area contributed by atoms with E-state index in [0.29, 0.717) is 12.8 Å². The molecule has 63 heavy (non-hydrogen) atoms. The second-order valence-electron chi connectivity index (χ2n) is 19.6. The molecular weight excluding hydrogens is 791 g/mol. The van der Waals surface area contributed by atoms with Crippen molar-refractivity contribution in [3.63, 3.8) is 0 Å². The summed E-state index contributed by atoms with van der Waals surface area (Å²) in [5, 5.41) is 1.61. The number of esters is 1. The second-order valence-corrected chi connectivity index (χ2v) is 20.5. The van der Waals surface area contributed by atoms with E-state index in [9.17, 15) is 9.18 Å². The van der Waals surface area contributed by atoms with Crippen LogP contribution in [0.15, 0.2) is 36.5 Å². The average molecular weight is 904 g/mol. The molecule has 0 heterocycles. The fourth-order valence-electron chi connectivity index (χ4n) is 7.97. The van der Waals surface area contributed by atoms with E-state index in [-0.39, 0.29) is 17.9 Å². The van der Waals surface area contributed by atoms with Gasteiger partial charge in [-0.2, -0.15) is 0 Å². The van der Waals surface area contributed by atoms with E-state index in [1.165, 1.54) is 160 Å². The summed E-state index contributed by atoms with van der Waals surface area (Å²) in [6.45, 7) is 25.6. The molecule has 0 aliphatic rings. The zero-order chi connectivity index (χ0) is 47.9. The van der Waals surface area contributed by atoms with Crippen molar-refractivity contribution in [2.24, 2.45) is 17.8 Å². The number of halogens is 1. The van der Waals surface area contributed by atoms with Gasteiger partial charge in [-0.05, 0) is 88.4 Å². The SMILES string of the molecule is CC.CCC(C)C(C)CNC.[B]C(C)(/C=C\CCC(=C)CCCCCCCC(C)CCCCCCCC(=O)OC/C=C\C(F)(P)CCCCCCCCC)CCCCCCCCC. The third-order valence-electron chi connectivity index (χ3n) is 12.8. The van der Waals surface area contributed by atoms with Gasteiger partial charge in [0.15, 0.2) is 0 Å². The number of nitrogens with one attached hydrogen (secondary N) is 1. The lowest BCUT2D eigenvalue weighted by atomic mass is 9.67. The third-order valence-corrected chi connectivity index (χ3v) is 13.3. The van der Waals surface area contributed by atoms with Crippen LogP contribution in [0.2, 0.25) is 5.31 Å². The summed E-state index contributed by atoms with van der Waals surface area (Å²) in [7, 11) is 10.8. The Morgan fingerprint density at radius 2 is 1.13 bits per heavy atom. The number of alkyl halides is 1. The maximum Gasteiger partial charge on any atom is 0.306 e. The molecular formula is C57H112BFNO2P. The molecule has 0 saturated heterocycles. The van der Waals surface area contributed by atoms with Crippen LogP contribution in [0.4, 0.5) is 4.39 Å². The molecule has 6 heteroatoms. The first kappa shape index (κ1) is 66.3. The van der Waals surface area contributed by atoms with Gasteiger partial charge in [0, 0.05) is 6.42 Å². The van der Waals surface area contributed by atoms with Crippen LogP contribution in [-0.4, -0.2) is 39.4 Å². The Hall–Kier alpha value is -0.925. The number of rotatable bonds is 43. The van der Waals surface area contributed by atoms with Crippen LogP contribution in [0.5, 0.6) is 0 Å². The summed E-state index contributed by atoms with van der Waals surface area (Å²) in [6, 6.07) is 0. The maximum absolute atomic E-state index is 14.6. The molecule has 0 aliphatic carbocycles. The topological polar surface area (TPSA) is 38.3 Å². The van der Waals surface area contributed by atoms with Crippen molar-refractivity contribution in [3.8, 4) is 0 Å². The minimum atomic E-state index is -1.40. The van der Waals surface area contributed by atoms with Crippen LogP contribution in [0, 0.1) is 17.8 Å². The van der Waals surface area contributed by atoms with Crippen LogP contribution in [0.1, 0.15) is 274 Å².